The predicted octanol–water partition coefficient (Wildman–Crippen LogP) is 2.66. The number of nitrogens with two attached hydrogens (primary N) is 1. The molecule has 1 aromatic heterocycles. The molecule has 0 amide bonds. The lowest BCUT2D eigenvalue weighted by Crippen LogP contribution is -2.35. The van der Waals surface area contributed by atoms with Crippen molar-refractivity contribution < 1.29 is 4.92 Å². The standard InChI is InChI=1S/C13H16N4O2S/c1-13(2,16-8-11-7-15-12(14)20-11)9-3-5-10(6-4-9)17(18)19/h3-7,16H,8H2,1-2H3,(H2,14,15). The lowest BCUT2D eigenvalue weighted by Gasteiger charge is -2.26. The van der Waals surface area contributed by atoms with Crippen molar-refractivity contribution in [3.63, 3.8) is 0 Å². The lowest BCUT2D eigenvalue weighted by molar-refractivity contribution is -0.384. The number of hydrogen-bond acceptors (Lipinski definition) is 6. The van der Waals surface area contributed by atoms with Gasteiger partial charge in [-0.15, -0.1) is 11.3 Å². The van der Waals surface area contributed by atoms with Crippen molar-refractivity contribution in [1.29, 1.82) is 0 Å². The Bertz CT molecular complexity index is 607. The van der Waals surface area contributed by atoms with Crippen molar-refractivity contribution in [3.8, 4) is 0 Å². The summed E-state index contributed by atoms with van der Waals surface area (Å²) in [4.78, 5) is 15.3. The van der Waals surface area contributed by atoms with E-state index < -0.39 is 4.92 Å². The molecule has 0 radical (unpaired) electrons. The van der Waals surface area contributed by atoms with E-state index >= 15 is 0 Å². The number of thiazole rings is 1. The number of rotatable bonds is 5. The van der Waals surface area contributed by atoms with Crippen LogP contribution in [0, 0.1) is 10.1 Å². The number of hydrogen-bond donors (Lipinski definition) is 2. The van der Waals surface area contributed by atoms with Crippen LogP contribution in [0.1, 0.15) is 24.3 Å². The second kappa shape index (κ2) is 5.56. The van der Waals surface area contributed by atoms with Gasteiger partial charge in [0.05, 0.1) is 4.92 Å². The summed E-state index contributed by atoms with van der Waals surface area (Å²) in [6.07, 6.45) is 1.75. The summed E-state index contributed by atoms with van der Waals surface area (Å²) in [5.41, 5.74) is 6.38. The zero-order chi connectivity index (χ0) is 14.8. The van der Waals surface area contributed by atoms with Gasteiger partial charge in [-0.2, -0.15) is 0 Å². The van der Waals surface area contributed by atoms with Crippen LogP contribution in [-0.4, -0.2) is 9.91 Å². The molecule has 0 fully saturated rings. The van der Waals surface area contributed by atoms with E-state index in [-0.39, 0.29) is 11.2 Å². The molecule has 20 heavy (non-hydrogen) atoms. The van der Waals surface area contributed by atoms with Crippen LogP contribution < -0.4 is 11.1 Å². The fourth-order valence-corrected chi connectivity index (χ4v) is 2.44. The van der Waals surface area contributed by atoms with Gasteiger partial charge in [0, 0.05) is 35.3 Å². The molecule has 0 bridgehead atoms. The smallest absolute Gasteiger partial charge is 0.269 e. The van der Waals surface area contributed by atoms with E-state index in [4.69, 9.17) is 5.73 Å². The lowest BCUT2D eigenvalue weighted by atomic mass is 9.94. The van der Waals surface area contributed by atoms with E-state index in [0.717, 1.165) is 10.4 Å². The molecule has 1 aromatic carbocycles. The molecule has 0 saturated heterocycles. The number of nitro benzene ring substituents is 1. The van der Waals surface area contributed by atoms with Crippen LogP contribution in [0.4, 0.5) is 10.8 Å². The second-order valence-corrected chi connectivity index (χ2v) is 6.09. The Labute approximate surface area is 120 Å². The quantitative estimate of drug-likeness (QED) is 0.652. The number of non-ortho nitro benzene ring substituents is 1. The fraction of sp³-hybridized carbons (Fsp3) is 0.308. The number of aromatic nitrogens is 1. The van der Waals surface area contributed by atoms with Crippen LogP contribution in [0.15, 0.2) is 30.5 Å². The maximum atomic E-state index is 10.6. The molecule has 6 nitrogen and oxygen atoms in total. The minimum atomic E-state index is -0.399. The largest absolute Gasteiger partial charge is 0.375 e. The zero-order valence-corrected chi connectivity index (χ0v) is 12.1. The Morgan fingerprint density at radius 1 is 1.40 bits per heavy atom. The highest BCUT2D eigenvalue weighted by Crippen LogP contribution is 2.24. The maximum Gasteiger partial charge on any atom is 0.269 e. The van der Waals surface area contributed by atoms with Gasteiger partial charge in [-0.1, -0.05) is 12.1 Å². The summed E-state index contributed by atoms with van der Waals surface area (Å²) in [6, 6.07) is 6.57. The van der Waals surface area contributed by atoms with Gasteiger partial charge in [0.25, 0.3) is 5.69 Å². The van der Waals surface area contributed by atoms with E-state index in [1.54, 1.807) is 18.3 Å². The molecule has 2 rings (SSSR count). The first-order chi connectivity index (χ1) is 9.38. The van der Waals surface area contributed by atoms with Crippen molar-refractivity contribution >= 4 is 22.2 Å². The molecule has 3 N–H and O–H groups in total. The van der Waals surface area contributed by atoms with E-state index in [9.17, 15) is 10.1 Å². The number of nitrogen functional groups attached to an aromatic ring is 1. The van der Waals surface area contributed by atoms with Crippen LogP contribution in [-0.2, 0) is 12.1 Å². The summed E-state index contributed by atoms with van der Waals surface area (Å²) in [7, 11) is 0. The Morgan fingerprint density at radius 2 is 2.05 bits per heavy atom. The van der Waals surface area contributed by atoms with Crippen molar-refractivity contribution in [2.45, 2.75) is 25.9 Å². The van der Waals surface area contributed by atoms with Gasteiger partial charge in [-0.3, -0.25) is 10.1 Å². The van der Waals surface area contributed by atoms with E-state index in [2.05, 4.69) is 10.3 Å². The average molecular weight is 292 g/mol. The highest BCUT2D eigenvalue weighted by Gasteiger charge is 2.20. The van der Waals surface area contributed by atoms with Crippen molar-refractivity contribution in [3.05, 3.63) is 51.0 Å². The Hall–Kier alpha value is -1.99. The van der Waals surface area contributed by atoms with Crippen molar-refractivity contribution in [1.82, 2.24) is 10.3 Å². The molecular formula is C13H16N4O2S. The number of benzene rings is 1. The number of nitrogens with one attached hydrogen (secondary N) is 1. The number of nitrogens with zero attached hydrogens (tertiary/aromatic N) is 2. The maximum absolute atomic E-state index is 10.6. The molecule has 0 aliphatic rings. The third kappa shape index (κ3) is 3.31. The SMILES string of the molecule is CC(C)(NCc1cnc(N)s1)c1ccc([N+](=O)[O-])cc1. The second-order valence-electron chi connectivity index (χ2n) is 4.95. The molecule has 0 aliphatic heterocycles. The first-order valence-corrected chi connectivity index (χ1v) is 6.90. The molecule has 2 aromatic rings. The van der Waals surface area contributed by atoms with E-state index in [1.165, 1.54) is 23.5 Å². The van der Waals surface area contributed by atoms with Gasteiger partial charge < -0.3 is 11.1 Å². The van der Waals surface area contributed by atoms with Gasteiger partial charge in [0.1, 0.15) is 0 Å². The van der Waals surface area contributed by atoms with Crippen LogP contribution in [0.25, 0.3) is 0 Å². The first kappa shape index (κ1) is 14.4. The predicted molar refractivity (Wildman–Crippen MR) is 79.5 cm³/mol. The van der Waals surface area contributed by atoms with Gasteiger partial charge in [0.15, 0.2) is 5.13 Å². The van der Waals surface area contributed by atoms with Crippen LogP contribution in [0.5, 0.6) is 0 Å². The average Bonchev–Trinajstić information content (AvgIpc) is 2.82. The fourth-order valence-electron chi connectivity index (χ4n) is 1.81. The van der Waals surface area contributed by atoms with Gasteiger partial charge >= 0.3 is 0 Å². The molecule has 1 heterocycles. The minimum Gasteiger partial charge on any atom is -0.375 e. The van der Waals surface area contributed by atoms with Crippen LogP contribution >= 0.6 is 11.3 Å². The monoisotopic (exact) mass is 292 g/mol. The number of nitro groups is 1. The molecular weight excluding hydrogens is 276 g/mol. The summed E-state index contributed by atoms with van der Waals surface area (Å²) in [6.45, 7) is 4.70. The summed E-state index contributed by atoms with van der Waals surface area (Å²) < 4.78 is 0. The van der Waals surface area contributed by atoms with Crippen molar-refractivity contribution in [2.24, 2.45) is 0 Å². The molecule has 7 heteroatoms. The van der Waals surface area contributed by atoms with E-state index in [0.29, 0.717) is 11.7 Å². The molecule has 106 valence electrons. The third-order valence-corrected chi connectivity index (χ3v) is 3.90. The zero-order valence-electron chi connectivity index (χ0n) is 11.3. The highest BCUT2D eigenvalue weighted by atomic mass is 32.1. The first-order valence-electron chi connectivity index (χ1n) is 6.08. The van der Waals surface area contributed by atoms with Gasteiger partial charge in [0.2, 0.25) is 0 Å². The van der Waals surface area contributed by atoms with Crippen molar-refractivity contribution in [2.75, 3.05) is 5.73 Å². The third-order valence-electron chi connectivity index (χ3n) is 3.08. The van der Waals surface area contributed by atoms with E-state index in [1.807, 2.05) is 13.8 Å². The van der Waals surface area contributed by atoms with Crippen LogP contribution in [0.3, 0.4) is 0 Å². The Balaban J connectivity index is 2.07. The summed E-state index contributed by atoms with van der Waals surface area (Å²) >= 11 is 1.44. The molecule has 0 saturated carbocycles. The Morgan fingerprint density at radius 3 is 2.55 bits per heavy atom. The van der Waals surface area contributed by atoms with Gasteiger partial charge in [-0.25, -0.2) is 4.98 Å². The topological polar surface area (TPSA) is 94.1 Å². The Kier molecular flexibility index (Phi) is 4.01. The molecule has 0 aliphatic carbocycles. The van der Waals surface area contributed by atoms with Gasteiger partial charge in [-0.05, 0) is 19.4 Å². The van der Waals surface area contributed by atoms with Crippen LogP contribution in [0.2, 0.25) is 0 Å². The summed E-state index contributed by atoms with van der Waals surface area (Å²) in [5.74, 6) is 0. The number of anilines is 1. The molecule has 0 spiro atoms. The normalized spacial score (nSPS) is 11.5. The molecule has 0 atom stereocenters. The summed E-state index contributed by atoms with van der Waals surface area (Å²) in [5, 5.41) is 14.6. The molecule has 0 unspecified atom stereocenters. The minimum absolute atomic E-state index is 0.0970. The highest BCUT2D eigenvalue weighted by molar-refractivity contribution is 7.15.